The molecule has 8 heteroatoms. The van der Waals surface area contributed by atoms with Gasteiger partial charge >= 0.3 is 6.09 Å². The van der Waals surface area contributed by atoms with Gasteiger partial charge in [-0.1, -0.05) is 11.6 Å². The van der Waals surface area contributed by atoms with Crippen LogP contribution in [0.15, 0.2) is 18.3 Å². The molecule has 0 radical (unpaired) electrons. The summed E-state index contributed by atoms with van der Waals surface area (Å²) in [5.41, 5.74) is 0.0449. The average molecular weight is 472 g/mol. The molecule has 1 saturated heterocycles. The number of likely N-dealkylation sites (tertiary alicyclic amines) is 1. The van der Waals surface area contributed by atoms with Gasteiger partial charge in [0, 0.05) is 29.6 Å². The van der Waals surface area contributed by atoms with Gasteiger partial charge in [0.2, 0.25) is 0 Å². The van der Waals surface area contributed by atoms with Gasteiger partial charge in [-0.25, -0.2) is 4.79 Å². The van der Waals surface area contributed by atoms with Crippen LogP contribution >= 0.6 is 11.6 Å². The van der Waals surface area contributed by atoms with E-state index in [1.54, 1.807) is 6.20 Å². The molecule has 176 valence electrons. The van der Waals surface area contributed by atoms with Crippen molar-refractivity contribution >= 4 is 29.1 Å². The second kappa shape index (κ2) is 9.86. The molecule has 2 rings (SSSR count). The Morgan fingerprint density at radius 2 is 2.00 bits per heavy atom. The predicted octanol–water partition coefficient (Wildman–Crippen LogP) is 5.64. The number of pyridine rings is 1. The Labute approximate surface area is 195 Å². The lowest BCUT2D eigenvalue weighted by Gasteiger charge is -2.33. The Balaban J connectivity index is 2.08. The van der Waals surface area contributed by atoms with Gasteiger partial charge < -0.3 is 14.2 Å². The number of rotatable bonds is 6. The Morgan fingerprint density at radius 1 is 1.35 bits per heavy atom. The van der Waals surface area contributed by atoms with E-state index in [1.165, 1.54) is 0 Å². The zero-order valence-corrected chi connectivity index (χ0v) is 21.7. The molecule has 1 aliphatic rings. The van der Waals surface area contributed by atoms with Crippen molar-refractivity contribution in [2.24, 2.45) is 5.92 Å². The van der Waals surface area contributed by atoms with Crippen LogP contribution in [0.5, 0.6) is 0 Å². The van der Waals surface area contributed by atoms with Gasteiger partial charge in [-0.15, -0.1) is 4.72 Å². The van der Waals surface area contributed by atoms with E-state index in [9.17, 15) is 9.35 Å². The molecule has 0 saturated carbocycles. The van der Waals surface area contributed by atoms with Gasteiger partial charge in [-0.3, -0.25) is 4.98 Å². The predicted molar refractivity (Wildman–Crippen MR) is 127 cm³/mol. The van der Waals surface area contributed by atoms with Crippen molar-refractivity contribution in [3.05, 3.63) is 29.0 Å². The Morgan fingerprint density at radius 3 is 2.52 bits per heavy atom. The Kier molecular flexibility index (Phi) is 8.34. The highest BCUT2D eigenvalue weighted by atomic mass is 35.5. The first-order valence-electron chi connectivity index (χ1n) is 10.9. The maximum Gasteiger partial charge on any atom is 0.410 e. The number of nitrogens with one attached hydrogen (secondary N) is 1. The molecule has 1 aromatic rings. The minimum absolute atomic E-state index is 0.156. The molecule has 1 fully saturated rings. The van der Waals surface area contributed by atoms with Gasteiger partial charge in [-0.05, 0) is 92.7 Å². The fourth-order valence-corrected chi connectivity index (χ4v) is 4.75. The third-order valence-corrected chi connectivity index (χ3v) is 7.18. The quantitative estimate of drug-likeness (QED) is 0.543. The average Bonchev–Trinajstić information content (AvgIpc) is 2.91. The fraction of sp³-hybridized carbons (Fsp3) is 0.739. The van der Waals surface area contributed by atoms with E-state index in [4.69, 9.17) is 16.3 Å². The molecule has 3 atom stereocenters. The minimum atomic E-state index is -1.22. The zero-order valence-electron chi connectivity index (χ0n) is 20.1. The highest BCUT2D eigenvalue weighted by Crippen LogP contribution is 2.37. The van der Waals surface area contributed by atoms with Crippen LogP contribution in [0.2, 0.25) is 5.02 Å². The second-order valence-corrected chi connectivity index (χ2v) is 13.4. The van der Waals surface area contributed by atoms with Crippen LogP contribution in [0, 0.1) is 5.92 Å². The summed E-state index contributed by atoms with van der Waals surface area (Å²) in [7, 11) is 0. The number of aromatic nitrogens is 1. The summed E-state index contributed by atoms with van der Waals surface area (Å²) < 4.78 is 21.3. The van der Waals surface area contributed by atoms with E-state index >= 15 is 0 Å². The largest absolute Gasteiger partial charge is 0.598 e. The fourth-order valence-electron chi connectivity index (χ4n) is 3.79. The van der Waals surface area contributed by atoms with Crippen molar-refractivity contribution in [1.29, 1.82) is 0 Å². The van der Waals surface area contributed by atoms with Gasteiger partial charge in [0.25, 0.3) is 0 Å². The smallest absolute Gasteiger partial charge is 0.410 e. The molecule has 1 amide bonds. The van der Waals surface area contributed by atoms with Crippen LogP contribution in [0.1, 0.15) is 86.4 Å². The SMILES string of the molecule is CC(C)(C)OC(=O)N1C[C@@H](CCC(N[S+]([O-])C(C)(C)C)c2ccc(Cl)cn2)CC1(C)C. The molecule has 2 heterocycles. The highest BCUT2D eigenvalue weighted by Gasteiger charge is 2.43. The molecule has 0 bridgehead atoms. The van der Waals surface area contributed by atoms with Crippen LogP contribution in [-0.2, 0) is 16.1 Å². The maximum atomic E-state index is 12.8. The molecule has 0 aromatic carbocycles. The Bertz CT molecular complexity index is 744. The van der Waals surface area contributed by atoms with Gasteiger partial charge in [0.05, 0.1) is 16.8 Å². The first kappa shape index (κ1) is 26.2. The topological polar surface area (TPSA) is 77.5 Å². The molecule has 2 unspecified atom stereocenters. The maximum absolute atomic E-state index is 12.8. The number of halogens is 1. The van der Waals surface area contributed by atoms with Gasteiger partial charge in [0.15, 0.2) is 0 Å². The Hall–Kier alpha value is -1.02. The molecular formula is C23H38ClN3O3S. The molecule has 0 aliphatic carbocycles. The van der Waals surface area contributed by atoms with Crippen molar-refractivity contribution in [1.82, 2.24) is 14.6 Å². The summed E-state index contributed by atoms with van der Waals surface area (Å²) in [4.78, 5) is 19.0. The number of carbonyl (C=O) groups is 1. The first-order valence-corrected chi connectivity index (χ1v) is 12.4. The van der Waals surface area contributed by atoms with Crippen molar-refractivity contribution < 1.29 is 14.1 Å². The van der Waals surface area contributed by atoms with Crippen LogP contribution in [0.4, 0.5) is 4.79 Å². The van der Waals surface area contributed by atoms with E-state index in [-0.39, 0.29) is 22.4 Å². The summed E-state index contributed by atoms with van der Waals surface area (Å²) in [5.74, 6) is 0.335. The summed E-state index contributed by atoms with van der Waals surface area (Å²) >= 11 is 4.78. The lowest BCUT2D eigenvalue weighted by Crippen LogP contribution is -2.45. The van der Waals surface area contributed by atoms with Crippen molar-refractivity contribution in [3.8, 4) is 0 Å². The number of ether oxygens (including phenoxy) is 1. The molecule has 1 aromatic heterocycles. The first-order chi connectivity index (χ1) is 14.1. The van der Waals surface area contributed by atoms with E-state index < -0.39 is 17.0 Å². The van der Waals surface area contributed by atoms with Crippen LogP contribution in [-0.4, -0.2) is 43.0 Å². The van der Waals surface area contributed by atoms with E-state index in [2.05, 4.69) is 23.6 Å². The third kappa shape index (κ3) is 7.81. The van der Waals surface area contributed by atoms with Gasteiger partial charge in [0.1, 0.15) is 10.3 Å². The molecular weight excluding hydrogens is 434 g/mol. The van der Waals surface area contributed by atoms with Gasteiger partial charge in [-0.2, -0.15) is 0 Å². The molecule has 0 spiro atoms. The molecule has 31 heavy (non-hydrogen) atoms. The third-order valence-electron chi connectivity index (χ3n) is 5.35. The molecule has 1 N–H and O–H groups in total. The minimum Gasteiger partial charge on any atom is -0.598 e. The number of amides is 1. The number of carbonyl (C=O) groups excluding carboxylic acids is 1. The monoisotopic (exact) mass is 471 g/mol. The highest BCUT2D eigenvalue weighted by molar-refractivity contribution is 7.90. The summed E-state index contributed by atoms with van der Waals surface area (Å²) in [5, 5.41) is 0.574. The van der Waals surface area contributed by atoms with Crippen LogP contribution in [0.3, 0.4) is 0 Å². The lowest BCUT2D eigenvalue weighted by atomic mass is 9.91. The summed E-state index contributed by atoms with van der Waals surface area (Å²) in [6.07, 6.45) is 3.90. The normalized spacial score (nSPS) is 21.1. The van der Waals surface area contributed by atoms with Crippen molar-refractivity contribution in [2.75, 3.05) is 6.54 Å². The van der Waals surface area contributed by atoms with E-state index in [1.807, 2.05) is 58.6 Å². The standard InChI is InChI=1S/C23H38ClN3O3S/c1-21(2,3)30-20(28)27-15-16(13-23(27,7)8)9-11-19(26-31(29)22(4,5)6)18-12-10-17(24)14-25-18/h10,12,14,16,19,26H,9,11,13,15H2,1-8H3/t16-,19?,31?/m0/s1. The van der Waals surface area contributed by atoms with Crippen LogP contribution in [0.25, 0.3) is 0 Å². The molecule has 6 nitrogen and oxygen atoms in total. The molecule has 1 aliphatic heterocycles. The van der Waals surface area contributed by atoms with Crippen LogP contribution < -0.4 is 4.72 Å². The number of hydrogen-bond acceptors (Lipinski definition) is 5. The zero-order chi connectivity index (χ0) is 23.6. The number of hydrogen-bond donors (Lipinski definition) is 1. The van der Waals surface area contributed by atoms with Crippen molar-refractivity contribution in [3.63, 3.8) is 0 Å². The van der Waals surface area contributed by atoms with Crippen molar-refractivity contribution in [2.45, 2.75) is 96.6 Å². The summed E-state index contributed by atoms with van der Waals surface area (Å²) in [6.45, 7) is 16.3. The second-order valence-electron chi connectivity index (χ2n) is 11.0. The van der Waals surface area contributed by atoms with E-state index in [0.29, 0.717) is 17.5 Å². The number of nitrogens with zero attached hydrogens (tertiary/aromatic N) is 2. The van der Waals surface area contributed by atoms with E-state index in [0.717, 1.165) is 25.0 Å². The summed E-state index contributed by atoms with van der Waals surface area (Å²) in [6, 6.07) is 3.53. The lowest BCUT2D eigenvalue weighted by molar-refractivity contribution is 0.0131.